The van der Waals surface area contributed by atoms with Crippen LogP contribution < -0.4 is 4.74 Å². The number of rotatable bonds is 2. The fraction of sp³-hybridized carbons (Fsp3) is 0.0833. The molecule has 1 aromatic carbocycles. The molecule has 0 atom stereocenters. The second-order valence-corrected chi connectivity index (χ2v) is 4.04. The van der Waals surface area contributed by atoms with E-state index in [4.69, 9.17) is 27.9 Å². The maximum atomic E-state index is 6.08. The molecule has 0 bridgehead atoms. The van der Waals surface area contributed by atoms with Crippen molar-refractivity contribution in [1.29, 1.82) is 0 Å². The summed E-state index contributed by atoms with van der Waals surface area (Å²) in [5, 5.41) is 1.21. The molecule has 1 heterocycles. The van der Waals surface area contributed by atoms with E-state index in [1.807, 2.05) is 24.3 Å². The molecule has 0 aliphatic rings. The third kappa shape index (κ3) is 2.29. The van der Waals surface area contributed by atoms with E-state index in [9.17, 15) is 0 Å². The van der Waals surface area contributed by atoms with Crippen LogP contribution in [0.2, 0.25) is 10.0 Å². The summed E-state index contributed by atoms with van der Waals surface area (Å²) in [4.78, 5) is 4.29. The third-order valence-electron chi connectivity index (χ3n) is 2.13. The molecule has 0 saturated carbocycles. The smallest absolute Gasteiger partial charge is 0.215 e. The summed E-state index contributed by atoms with van der Waals surface area (Å²) >= 11 is 12.1. The molecule has 0 fully saturated rings. The van der Waals surface area contributed by atoms with Gasteiger partial charge in [0.05, 0.1) is 12.8 Å². The van der Waals surface area contributed by atoms with Gasteiger partial charge in [0, 0.05) is 21.7 Å². The summed E-state index contributed by atoms with van der Waals surface area (Å²) in [6.07, 6.45) is 0. The van der Waals surface area contributed by atoms with Crippen molar-refractivity contribution in [3.05, 3.63) is 46.4 Å². The van der Waals surface area contributed by atoms with Gasteiger partial charge in [0.25, 0.3) is 0 Å². The highest BCUT2D eigenvalue weighted by Crippen LogP contribution is 2.29. The summed E-state index contributed by atoms with van der Waals surface area (Å²) in [5.41, 5.74) is 1.54. The number of nitrogens with zero attached hydrogens (tertiary/aromatic N) is 1. The van der Waals surface area contributed by atoms with E-state index in [0.29, 0.717) is 21.6 Å². The Kier molecular flexibility index (Phi) is 3.32. The fourth-order valence-electron chi connectivity index (χ4n) is 1.38. The first-order valence-corrected chi connectivity index (χ1v) is 5.43. The van der Waals surface area contributed by atoms with Gasteiger partial charge in [0.1, 0.15) is 0 Å². The second-order valence-electron chi connectivity index (χ2n) is 3.19. The minimum absolute atomic E-state index is 0.474. The Labute approximate surface area is 104 Å². The molecule has 4 heteroatoms. The number of aromatic nitrogens is 1. The van der Waals surface area contributed by atoms with E-state index in [2.05, 4.69) is 4.98 Å². The van der Waals surface area contributed by atoms with Gasteiger partial charge >= 0.3 is 0 Å². The van der Waals surface area contributed by atoms with Crippen molar-refractivity contribution in [2.45, 2.75) is 0 Å². The topological polar surface area (TPSA) is 22.1 Å². The average molecular weight is 254 g/mol. The van der Waals surface area contributed by atoms with Crippen molar-refractivity contribution in [3.63, 3.8) is 0 Å². The Hall–Kier alpha value is -1.25. The first kappa shape index (κ1) is 11.2. The molecule has 16 heavy (non-hydrogen) atoms. The van der Waals surface area contributed by atoms with Crippen molar-refractivity contribution >= 4 is 23.2 Å². The lowest BCUT2D eigenvalue weighted by molar-refractivity contribution is 0.398. The van der Waals surface area contributed by atoms with Gasteiger partial charge in [-0.05, 0) is 12.1 Å². The number of ether oxygens (including phenoxy) is 1. The highest BCUT2D eigenvalue weighted by Gasteiger charge is 2.07. The van der Waals surface area contributed by atoms with E-state index in [1.165, 1.54) is 0 Å². The molecule has 0 radical (unpaired) electrons. The maximum Gasteiger partial charge on any atom is 0.215 e. The second kappa shape index (κ2) is 4.73. The Morgan fingerprint density at radius 3 is 2.56 bits per heavy atom. The van der Waals surface area contributed by atoms with Crippen LogP contribution in [-0.2, 0) is 0 Å². The molecule has 0 aliphatic heterocycles. The number of halogens is 2. The Bertz CT molecular complexity index is 514. The summed E-state index contributed by atoms with van der Waals surface area (Å²) in [6, 6.07) is 10.9. The zero-order valence-corrected chi connectivity index (χ0v) is 10.1. The molecule has 0 unspecified atom stereocenters. The van der Waals surface area contributed by atoms with Crippen LogP contribution in [0.3, 0.4) is 0 Å². The maximum absolute atomic E-state index is 6.08. The lowest BCUT2D eigenvalue weighted by Gasteiger charge is -2.06. The number of benzene rings is 1. The molecule has 2 rings (SSSR count). The SMILES string of the molecule is COc1cc(Cl)cc(-c2ccccc2Cl)n1. The first-order valence-electron chi connectivity index (χ1n) is 4.67. The van der Waals surface area contributed by atoms with Crippen molar-refractivity contribution in [1.82, 2.24) is 4.98 Å². The van der Waals surface area contributed by atoms with Crippen molar-refractivity contribution in [2.75, 3.05) is 7.11 Å². The zero-order valence-electron chi connectivity index (χ0n) is 8.58. The first-order chi connectivity index (χ1) is 7.70. The van der Waals surface area contributed by atoms with Gasteiger partial charge in [-0.3, -0.25) is 0 Å². The predicted octanol–water partition coefficient (Wildman–Crippen LogP) is 4.06. The number of hydrogen-bond acceptors (Lipinski definition) is 2. The van der Waals surface area contributed by atoms with E-state index in [1.54, 1.807) is 19.2 Å². The molecule has 2 aromatic rings. The van der Waals surface area contributed by atoms with Gasteiger partial charge < -0.3 is 4.74 Å². The Morgan fingerprint density at radius 2 is 1.88 bits per heavy atom. The lowest BCUT2D eigenvalue weighted by atomic mass is 10.1. The van der Waals surface area contributed by atoms with Crippen LogP contribution in [0.1, 0.15) is 0 Å². The number of pyridine rings is 1. The van der Waals surface area contributed by atoms with Gasteiger partial charge in [-0.2, -0.15) is 0 Å². The Balaban J connectivity index is 2.56. The molecule has 1 aromatic heterocycles. The van der Waals surface area contributed by atoms with Crippen molar-refractivity contribution in [2.24, 2.45) is 0 Å². The minimum atomic E-state index is 0.474. The highest BCUT2D eigenvalue weighted by atomic mass is 35.5. The lowest BCUT2D eigenvalue weighted by Crippen LogP contribution is -1.90. The van der Waals surface area contributed by atoms with Crippen molar-refractivity contribution in [3.8, 4) is 17.1 Å². The molecule has 82 valence electrons. The minimum Gasteiger partial charge on any atom is -0.481 e. The normalized spacial score (nSPS) is 10.2. The predicted molar refractivity (Wildman–Crippen MR) is 66.2 cm³/mol. The summed E-state index contributed by atoms with van der Waals surface area (Å²) in [6.45, 7) is 0. The molecule has 0 amide bonds. The number of methoxy groups -OCH3 is 1. The van der Waals surface area contributed by atoms with Crippen LogP contribution in [0.5, 0.6) is 5.88 Å². The molecule has 0 N–H and O–H groups in total. The monoisotopic (exact) mass is 253 g/mol. The van der Waals surface area contributed by atoms with Gasteiger partial charge in [-0.15, -0.1) is 0 Å². The van der Waals surface area contributed by atoms with Gasteiger partial charge in [0.15, 0.2) is 0 Å². The number of hydrogen-bond donors (Lipinski definition) is 0. The fourth-order valence-corrected chi connectivity index (χ4v) is 1.81. The average Bonchev–Trinajstić information content (AvgIpc) is 2.28. The highest BCUT2D eigenvalue weighted by molar-refractivity contribution is 6.33. The van der Waals surface area contributed by atoms with Crippen LogP contribution in [0.25, 0.3) is 11.3 Å². The molecular formula is C12H9Cl2NO. The van der Waals surface area contributed by atoms with Gasteiger partial charge in [-0.25, -0.2) is 4.98 Å². The standard InChI is InChI=1S/C12H9Cl2NO/c1-16-12-7-8(13)6-11(15-12)9-4-2-3-5-10(9)14/h2-7H,1H3. The zero-order chi connectivity index (χ0) is 11.5. The van der Waals surface area contributed by atoms with Crippen LogP contribution >= 0.6 is 23.2 Å². The quantitative estimate of drug-likeness (QED) is 0.806. The summed E-state index contributed by atoms with van der Waals surface area (Å²) < 4.78 is 5.06. The molecule has 0 saturated heterocycles. The van der Waals surface area contributed by atoms with Crippen LogP contribution in [-0.4, -0.2) is 12.1 Å². The molecule has 2 nitrogen and oxygen atoms in total. The third-order valence-corrected chi connectivity index (χ3v) is 2.67. The van der Waals surface area contributed by atoms with E-state index in [-0.39, 0.29) is 0 Å². The molecular weight excluding hydrogens is 245 g/mol. The van der Waals surface area contributed by atoms with E-state index >= 15 is 0 Å². The van der Waals surface area contributed by atoms with Crippen LogP contribution in [0, 0.1) is 0 Å². The summed E-state index contributed by atoms with van der Waals surface area (Å²) in [5.74, 6) is 0.474. The van der Waals surface area contributed by atoms with Crippen molar-refractivity contribution < 1.29 is 4.74 Å². The van der Waals surface area contributed by atoms with E-state index < -0.39 is 0 Å². The Morgan fingerprint density at radius 1 is 1.12 bits per heavy atom. The van der Waals surface area contributed by atoms with Gasteiger partial charge in [0.2, 0.25) is 5.88 Å². The summed E-state index contributed by atoms with van der Waals surface area (Å²) in [7, 11) is 1.55. The molecule has 0 spiro atoms. The van der Waals surface area contributed by atoms with Crippen LogP contribution in [0.15, 0.2) is 36.4 Å². The largest absolute Gasteiger partial charge is 0.481 e. The van der Waals surface area contributed by atoms with Gasteiger partial charge in [-0.1, -0.05) is 41.4 Å². The van der Waals surface area contributed by atoms with Crippen LogP contribution in [0.4, 0.5) is 0 Å². The van der Waals surface area contributed by atoms with E-state index in [0.717, 1.165) is 5.56 Å². The molecule has 0 aliphatic carbocycles.